The van der Waals surface area contributed by atoms with E-state index >= 15 is 0 Å². The van der Waals surface area contributed by atoms with Crippen molar-refractivity contribution in [2.24, 2.45) is 0 Å². The van der Waals surface area contributed by atoms with Gasteiger partial charge in [-0.15, -0.1) is 0 Å². The standard InChI is InChI=1S/C22H18NO2PS/c27-26(24-21-11-3-1-4-12-21,25-22-13-5-2-6-14-22)23-20-16-15-18-9-7-8-10-19(18)17-20/h1-17H,(H,23,27). The van der Waals surface area contributed by atoms with E-state index < -0.39 is 6.64 Å². The summed E-state index contributed by atoms with van der Waals surface area (Å²) >= 11 is 5.83. The van der Waals surface area contributed by atoms with Crippen molar-refractivity contribution in [2.45, 2.75) is 0 Å². The molecule has 0 radical (unpaired) electrons. The third-order valence-corrected chi connectivity index (χ3v) is 6.11. The first kappa shape index (κ1) is 17.6. The topological polar surface area (TPSA) is 30.5 Å². The summed E-state index contributed by atoms with van der Waals surface area (Å²) in [5.41, 5.74) is 0.865. The maximum atomic E-state index is 6.11. The van der Waals surface area contributed by atoms with Crippen LogP contribution in [0.3, 0.4) is 0 Å². The van der Waals surface area contributed by atoms with E-state index in [0.29, 0.717) is 11.5 Å². The van der Waals surface area contributed by atoms with Gasteiger partial charge in [-0.1, -0.05) is 66.7 Å². The lowest BCUT2D eigenvalue weighted by Crippen LogP contribution is -2.09. The average molecular weight is 391 g/mol. The van der Waals surface area contributed by atoms with Crippen molar-refractivity contribution in [3.63, 3.8) is 0 Å². The summed E-state index contributed by atoms with van der Waals surface area (Å²) in [6.45, 7) is -2.88. The minimum atomic E-state index is -2.88. The third kappa shape index (κ3) is 4.48. The highest BCUT2D eigenvalue weighted by atomic mass is 32.5. The Morgan fingerprint density at radius 3 is 1.70 bits per heavy atom. The van der Waals surface area contributed by atoms with E-state index in [0.717, 1.165) is 11.1 Å². The number of hydrogen-bond acceptors (Lipinski definition) is 3. The number of fused-ring (bicyclic) bond motifs is 1. The second-order valence-corrected chi connectivity index (χ2v) is 9.01. The van der Waals surface area contributed by atoms with Gasteiger partial charge in [-0.3, -0.25) is 5.09 Å². The fourth-order valence-corrected chi connectivity index (χ4v) is 4.94. The zero-order chi connectivity index (χ0) is 18.5. The number of rotatable bonds is 6. The van der Waals surface area contributed by atoms with Crippen LogP contribution in [0.5, 0.6) is 11.5 Å². The molecule has 4 aromatic rings. The van der Waals surface area contributed by atoms with Crippen LogP contribution < -0.4 is 14.1 Å². The van der Waals surface area contributed by atoms with Crippen LogP contribution >= 0.6 is 6.64 Å². The van der Waals surface area contributed by atoms with Gasteiger partial charge >= 0.3 is 6.64 Å². The first-order chi connectivity index (χ1) is 13.2. The van der Waals surface area contributed by atoms with Gasteiger partial charge in [0.15, 0.2) is 0 Å². The molecule has 3 nitrogen and oxygen atoms in total. The normalized spacial score (nSPS) is 11.1. The van der Waals surface area contributed by atoms with Gasteiger partial charge in [-0.2, -0.15) is 0 Å². The molecule has 134 valence electrons. The smallest absolute Gasteiger partial charge is 0.392 e. The van der Waals surface area contributed by atoms with E-state index in [1.54, 1.807) is 0 Å². The number of para-hydroxylation sites is 2. The molecular weight excluding hydrogens is 373 g/mol. The SMILES string of the molecule is S=P(Nc1ccc2ccccc2c1)(Oc1ccccc1)Oc1ccccc1. The summed E-state index contributed by atoms with van der Waals surface area (Å²) in [5.74, 6) is 1.34. The molecule has 27 heavy (non-hydrogen) atoms. The van der Waals surface area contributed by atoms with Gasteiger partial charge in [0, 0.05) is 17.5 Å². The van der Waals surface area contributed by atoms with Gasteiger partial charge in [0.1, 0.15) is 11.5 Å². The fraction of sp³-hybridized carbons (Fsp3) is 0. The number of nitrogens with one attached hydrogen (secondary N) is 1. The Hall–Kier alpha value is -2.81. The van der Waals surface area contributed by atoms with Crippen molar-refractivity contribution in [1.82, 2.24) is 0 Å². The second kappa shape index (κ2) is 7.83. The molecule has 0 aliphatic heterocycles. The van der Waals surface area contributed by atoms with Crippen LogP contribution in [-0.2, 0) is 11.8 Å². The molecule has 4 aromatic carbocycles. The van der Waals surface area contributed by atoms with Crippen molar-refractivity contribution in [3.05, 3.63) is 103 Å². The lowest BCUT2D eigenvalue weighted by atomic mass is 10.1. The summed E-state index contributed by atoms with van der Waals surface area (Å²) in [4.78, 5) is 0. The summed E-state index contributed by atoms with van der Waals surface area (Å²) in [7, 11) is 0. The minimum absolute atomic E-state index is 0.671. The number of benzene rings is 4. The molecule has 5 heteroatoms. The second-order valence-electron chi connectivity index (χ2n) is 5.98. The highest BCUT2D eigenvalue weighted by Gasteiger charge is 2.23. The van der Waals surface area contributed by atoms with Gasteiger partial charge < -0.3 is 9.05 Å². The van der Waals surface area contributed by atoms with Crippen LogP contribution in [0.4, 0.5) is 5.69 Å². The molecule has 0 spiro atoms. The summed E-state index contributed by atoms with van der Waals surface area (Å²) in [6, 6.07) is 33.3. The van der Waals surface area contributed by atoms with Gasteiger partial charge in [0.05, 0.1) is 0 Å². The summed E-state index contributed by atoms with van der Waals surface area (Å²) in [6.07, 6.45) is 0. The molecule has 0 aromatic heterocycles. The Labute approximate surface area is 163 Å². The molecule has 0 heterocycles. The van der Waals surface area contributed by atoms with E-state index in [9.17, 15) is 0 Å². The lowest BCUT2D eigenvalue weighted by Gasteiger charge is -2.25. The molecule has 0 bridgehead atoms. The molecular formula is C22H18NO2PS. The lowest BCUT2D eigenvalue weighted by molar-refractivity contribution is 0.493. The van der Waals surface area contributed by atoms with Crippen molar-refractivity contribution in [2.75, 3.05) is 5.09 Å². The van der Waals surface area contributed by atoms with E-state index in [1.165, 1.54) is 5.39 Å². The van der Waals surface area contributed by atoms with E-state index in [1.807, 2.05) is 78.9 Å². The van der Waals surface area contributed by atoms with Crippen LogP contribution in [0.25, 0.3) is 10.8 Å². The predicted molar refractivity (Wildman–Crippen MR) is 116 cm³/mol. The fourth-order valence-electron chi connectivity index (χ4n) is 2.72. The van der Waals surface area contributed by atoms with Crippen LogP contribution in [0.2, 0.25) is 0 Å². The molecule has 0 unspecified atom stereocenters. The Morgan fingerprint density at radius 2 is 1.11 bits per heavy atom. The van der Waals surface area contributed by atoms with Gasteiger partial charge in [0.2, 0.25) is 0 Å². The molecule has 0 saturated carbocycles. The first-order valence-corrected chi connectivity index (χ1v) is 11.2. The van der Waals surface area contributed by atoms with Crippen molar-refractivity contribution < 1.29 is 9.05 Å². The van der Waals surface area contributed by atoms with Crippen LogP contribution in [0.15, 0.2) is 103 Å². The maximum Gasteiger partial charge on any atom is 0.392 e. The Balaban J connectivity index is 1.66. The van der Waals surface area contributed by atoms with Crippen molar-refractivity contribution in [1.29, 1.82) is 0 Å². The first-order valence-electron chi connectivity index (χ1n) is 8.57. The van der Waals surface area contributed by atoms with Crippen LogP contribution in [0.1, 0.15) is 0 Å². The third-order valence-electron chi connectivity index (χ3n) is 3.95. The Kier molecular flexibility index (Phi) is 5.10. The Morgan fingerprint density at radius 1 is 0.593 bits per heavy atom. The van der Waals surface area contributed by atoms with Gasteiger partial charge in [0.25, 0.3) is 0 Å². The van der Waals surface area contributed by atoms with E-state index in [4.69, 9.17) is 20.9 Å². The van der Waals surface area contributed by atoms with Gasteiger partial charge in [-0.25, -0.2) is 0 Å². The maximum absolute atomic E-state index is 6.11. The van der Waals surface area contributed by atoms with Gasteiger partial charge in [-0.05, 0) is 47.2 Å². The summed E-state index contributed by atoms with van der Waals surface area (Å²) in [5, 5.41) is 5.62. The van der Waals surface area contributed by atoms with Crippen LogP contribution in [-0.4, -0.2) is 0 Å². The predicted octanol–water partition coefficient (Wildman–Crippen LogP) is 6.63. The van der Waals surface area contributed by atoms with E-state index in [-0.39, 0.29) is 0 Å². The molecule has 0 aliphatic carbocycles. The zero-order valence-corrected chi connectivity index (χ0v) is 16.2. The molecule has 1 N–H and O–H groups in total. The molecule has 0 atom stereocenters. The Bertz CT molecular complexity index is 1040. The summed E-state index contributed by atoms with van der Waals surface area (Å²) < 4.78 is 12.2. The highest BCUT2D eigenvalue weighted by Crippen LogP contribution is 2.48. The molecule has 0 amide bonds. The molecule has 0 saturated heterocycles. The van der Waals surface area contributed by atoms with Crippen LogP contribution in [0, 0.1) is 0 Å². The monoisotopic (exact) mass is 391 g/mol. The van der Waals surface area contributed by atoms with Crippen molar-refractivity contribution in [3.8, 4) is 11.5 Å². The number of anilines is 1. The quantitative estimate of drug-likeness (QED) is 0.374. The molecule has 0 fully saturated rings. The number of hydrogen-bond donors (Lipinski definition) is 1. The van der Waals surface area contributed by atoms with E-state index in [2.05, 4.69) is 29.4 Å². The largest absolute Gasteiger partial charge is 0.421 e. The highest BCUT2D eigenvalue weighted by molar-refractivity contribution is 8.10. The molecule has 4 rings (SSSR count). The average Bonchev–Trinajstić information content (AvgIpc) is 2.69. The van der Waals surface area contributed by atoms with Crippen molar-refractivity contribution >= 4 is 34.9 Å². The minimum Gasteiger partial charge on any atom is -0.421 e. The zero-order valence-electron chi connectivity index (χ0n) is 14.5. The molecule has 0 aliphatic rings.